The molecule has 1 N–H and O–H groups in total. The average molecular weight is 396 g/mol. The van der Waals surface area contributed by atoms with E-state index in [9.17, 15) is 9.59 Å². The third-order valence-electron chi connectivity index (χ3n) is 3.67. The zero-order chi connectivity index (χ0) is 19.1. The molecular weight excluding hydrogens is 377 g/mol. The van der Waals surface area contributed by atoms with Gasteiger partial charge in [-0.05, 0) is 42.8 Å². The van der Waals surface area contributed by atoms with Gasteiger partial charge in [0, 0.05) is 15.6 Å². The van der Waals surface area contributed by atoms with E-state index in [2.05, 4.69) is 5.32 Å². The number of methoxy groups -OCH3 is 1. The Morgan fingerprint density at radius 2 is 1.85 bits per heavy atom. The van der Waals surface area contributed by atoms with Gasteiger partial charge in [-0.15, -0.1) is 0 Å². The molecule has 0 aliphatic heterocycles. The summed E-state index contributed by atoms with van der Waals surface area (Å²) >= 11 is 11.9. The van der Waals surface area contributed by atoms with Gasteiger partial charge in [-0.25, -0.2) is 0 Å². The predicted octanol–water partition coefficient (Wildman–Crippen LogP) is 3.97. The molecule has 2 rings (SSSR count). The fourth-order valence-electron chi connectivity index (χ4n) is 2.38. The summed E-state index contributed by atoms with van der Waals surface area (Å²) in [6.45, 7) is 1.45. The first kappa shape index (κ1) is 20.1. The zero-order valence-corrected chi connectivity index (χ0v) is 15.9. The summed E-state index contributed by atoms with van der Waals surface area (Å²) in [5, 5.41) is 3.83. The van der Waals surface area contributed by atoms with E-state index in [0.717, 1.165) is 5.56 Å². The highest BCUT2D eigenvalue weighted by atomic mass is 35.5. The SMILES string of the molecule is COc1ccc(Cl)cc1CC(=O)OCC(=O)N[C@H](C)c1cccc(Cl)c1. The van der Waals surface area contributed by atoms with E-state index in [1.807, 2.05) is 13.0 Å². The Morgan fingerprint density at radius 3 is 2.54 bits per heavy atom. The molecule has 1 amide bonds. The number of ether oxygens (including phenoxy) is 2. The van der Waals surface area contributed by atoms with E-state index in [-0.39, 0.29) is 19.1 Å². The molecule has 0 saturated carbocycles. The Hall–Kier alpha value is -2.24. The highest BCUT2D eigenvalue weighted by molar-refractivity contribution is 6.31. The number of benzene rings is 2. The van der Waals surface area contributed by atoms with E-state index >= 15 is 0 Å². The number of hydrogen-bond acceptors (Lipinski definition) is 4. The van der Waals surface area contributed by atoms with Gasteiger partial charge >= 0.3 is 5.97 Å². The van der Waals surface area contributed by atoms with E-state index in [1.54, 1.807) is 36.4 Å². The van der Waals surface area contributed by atoms with Crippen molar-refractivity contribution in [1.29, 1.82) is 0 Å². The van der Waals surface area contributed by atoms with Crippen molar-refractivity contribution in [3.8, 4) is 5.75 Å². The van der Waals surface area contributed by atoms with Crippen molar-refractivity contribution >= 4 is 35.1 Å². The Kier molecular flexibility index (Phi) is 7.30. The van der Waals surface area contributed by atoms with Crippen molar-refractivity contribution in [2.45, 2.75) is 19.4 Å². The molecule has 138 valence electrons. The van der Waals surface area contributed by atoms with Crippen LogP contribution in [0.15, 0.2) is 42.5 Å². The maximum atomic E-state index is 12.0. The lowest BCUT2D eigenvalue weighted by Gasteiger charge is -2.15. The quantitative estimate of drug-likeness (QED) is 0.720. The van der Waals surface area contributed by atoms with Crippen LogP contribution in [0.3, 0.4) is 0 Å². The van der Waals surface area contributed by atoms with Crippen LogP contribution in [0.5, 0.6) is 5.75 Å². The second-order valence-electron chi connectivity index (χ2n) is 5.64. The molecule has 0 saturated heterocycles. The first-order valence-corrected chi connectivity index (χ1v) is 8.67. The smallest absolute Gasteiger partial charge is 0.310 e. The molecule has 0 aliphatic carbocycles. The zero-order valence-electron chi connectivity index (χ0n) is 14.4. The van der Waals surface area contributed by atoms with Crippen LogP contribution in [0.2, 0.25) is 10.0 Å². The van der Waals surface area contributed by atoms with Gasteiger partial charge in [0.15, 0.2) is 6.61 Å². The van der Waals surface area contributed by atoms with Crippen LogP contribution in [0, 0.1) is 0 Å². The van der Waals surface area contributed by atoms with Crippen molar-refractivity contribution in [3.63, 3.8) is 0 Å². The van der Waals surface area contributed by atoms with Crippen LogP contribution in [-0.4, -0.2) is 25.6 Å². The molecule has 1 atom stereocenters. The first-order chi connectivity index (χ1) is 12.4. The monoisotopic (exact) mass is 395 g/mol. The van der Waals surface area contributed by atoms with Crippen molar-refractivity contribution in [2.75, 3.05) is 13.7 Å². The average Bonchev–Trinajstić information content (AvgIpc) is 2.60. The number of esters is 1. The Balaban J connectivity index is 1.85. The Bertz CT molecular complexity index is 795. The minimum atomic E-state index is -0.545. The molecule has 0 spiro atoms. The number of amides is 1. The van der Waals surface area contributed by atoms with Crippen molar-refractivity contribution in [3.05, 3.63) is 63.6 Å². The third-order valence-corrected chi connectivity index (χ3v) is 4.14. The summed E-state index contributed by atoms with van der Waals surface area (Å²) in [5.74, 6) is -0.412. The van der Waals surface area contributed by atoms with Crippen LogP contribution < -0.4 is 10.1 Å². The maximum absolute atomic E-state index is 12.0. The van der Waals surface area contributed by atoms with Crippen LogP contribution in [0.1, 0.15) is 24.1 Å². The third kappa shape index (κ3) is 5.93. The molecule has 2 aromatic rings. The molecule has 5 nitrogen and oxygen atoms in total. The first-order valence-electron chi connectivity index (χ1n) is 7.92. The van der Waals surface area contributed by atoms with E-state index in [1.165, 1.54) is 7.11 Å². The summed E-state index contributed by atoms with van der Waals surface area (Å²) in [7, 11) is 1.50. The molecule has 7 heteroatoms. The standard InChI is InChI=1S/C19H19Cl2NO4/c1-12(13-4-3-5-15(20)8-13)22-18(23)11-26-19(24)10-14-9-16(21)6-7-17(14)25-2/h3-9,12H,10-11H2,1-2H3,(H,22,23)/t12-/m1/s1. The number of nitrogens with one attached hydrogen (secondary N) is 1. The highest BCUT2D eigenvalue weighted by Crippen LogP contribution is 2.23. The maximum Gasteiger partial charge on any atom is 0.310 e. The Morgan fingerprint density at radius 1 is 1.12 bits per heavy atom. The topological polar surface area (TPSA) is 64.6 Å². The largest absolute Gasteiger partial charge is 0.496 e. The lowest BCUT2D eigenvalue weighted by Crippen LogP contribution is -2.31. The fourth-order valence-corrected chi connectivity index (χ4v) is 2.77. The van der Waals surface area contributed by atoms with Crippen molar-refractivity contribution in [2.24, 2.45) is 0 Å². The minimum absolute atomic E-state index is 0.0408. The molecule has 26 heavy (non-hydrogen) atoms. The Labute approximate surface area is 162 Å². The highest BCUT2D eigenvalue weighted by Gasteiger charge is 2.14. The molecule has 0 radical (unpaired) electrons. The van der Waals surface area contributed by atoms with Gasteiger partial charge in [0.05, 0.1) is 19.6 Å². The summed E-state index contributed by atoms with van der Waals surface area (Å²) < 4.78 is 10.2. The second kappa shape index (κ2) is 9.46. The minimum Gasteiger partial charge on any atom is -0.496 e. The molecule has 2 aromatic carbocycles. The van der Waals surface area contributed by atoms with Crippen LogP contribution in [-0.2, 0) is 20.7 Å². The van der Waals surface area contributed by atoms with E-state index < -0.39 is 11.9 Å². The predicted molar refractivity (Wildman–Crippen MR) is 101 cm³/mol. The lowest BCUT2D eigenvalue weighted by atomic mass is 10.1. The molecule has 0 bridgehead atoms. The molecule has 0 fully saturated rings. The van der Waals surface area contributed by atoms with Crippen LogP contribution in [0.25, 0.3) is 0 Å². The molecular formula is C19H19Cl2NO4. The molecule has 0 aromatic heterocycles. The summed E-state index contributed by atoms with van der Waals surface area (Å²) in [6.07, 6.45) is -0.0408. The number of carbonyl (C=O) groups excluding carboxylic acids is 2. The van der Waals surface area contributed by atoms with Gasteiger partial charge in [-0.1, -0.05) is 35.3 Å². The number of carbonyl (C=O) groups is 2. The second-order valence-corrected chi connectivity index (χ2v) is 6.51. The van der Waals surface area contributed by atoms with Crippen molar-refractivity contribution < 1.29 is 19.1 Å². The van der Waals surface area contributed by atoms with Gasteiger partial charge in [0.25, 0.3) is 5.91 Å². The lowest BCUT2D eigenvalue weighted by molar-refractivity contribution is -0.148. The number of halogens is 2. The van der Waals surface area contributed by atoms with Crippen LogP contribution in [0.4, 0.5) is 0 Å². The molecule has 0 unspecified atom stereocenters. The van der Waals surface area contributed by atoms with Gasteiger partial charge in [0.2, 0.25) is 0 Å². The summed E-state index contributed by atoms with van der Waals surface area (Å²) in [6, 6.07) is 11.9. The molecule has 0 heterocycles. The van der Waals surface area contributed by atoms with E-state index in [4.69, 9.17) is 32.7 Å². The number of rotatable bonds is 7. The molecule has 0 aliphatic rings. The van der Waals surface area contributed by atoms with Crippen LogP contribution >= 0.6 is 23.2 Å². The summed E-state index contributed by atoms with van der Waals surface area (Å²) in [4.78, 5) is 24.0. The van der Waals surface area contributed by atoms with Gasteiger partial charge in [0.1, 0.15) is 5.75 Å². The fraction of sp³-hybridized carbons (Fsp3) is 0.263. The van der Waals surface area contributed by atoms with Gasteiger partial charge in [-0.2, -0.15) is 0 Å². The van der Waals surface area contributed by atoms with E-state index in [0.29, 0.717) is 21.4 Å². The van der Waals surface area contributed by atoms with Gasteiger partial charge < -0.3 is 14.8 Å². The van der Waals surface area contributed by atoms with Crippen molar-refractivity contribution in [1.82, 2.24) is 5.32 Å². The summed E-state index contributed by atoms with van der Waals surface area (Å²) in [5.41, 5.74) is 1.46. The van der Waals surface area contributed by atoms with Gasteiger partial charge in [-0.3, -0.25) is 9.59 Å². The number of hydrogen-bond donors (Lipinski definition) is 1. The normalized spacial score (nSPS) is 11.5.